The molecule has 100 valence electrons. The minimum atomic E-state index is 0.407. The predicted octanol–water partition coefficient (Wildman–Crippen LogP) is 3.97. The van der Waals surface area contributed by atoms with Crippen molar-refractivity contribution in [3.8, 4) is 0 Å². The summed E-state index contributed by atoms with van der Waals surface area (Å²) in [5.74, 6) is 0.693. The van der Waals surface area contributed by atoms with Crippen molar-refractivity contribution >= 4 is 11.3 Å². The first-order valence-corrected chi connectivity index (χ1v) is 7.71. The molecular weight excluding hydrogens is 252 g/mol. The van der Waals surface area contributed by atoms with Gasteiger partial charge in [0.1, 0.15) is 0 Å². The van der Waals surface area contributed by atoms with E-state index in [-0.39, 0.29) is 0 Å². The van der Waals surface area contributed by atoms with Gasteiger partial charge in [-0.05, 0) is 32.8 Å². The van der Waals surface area contributed by atoms with Gasteiger partial charge in [-0.3, -0.25) is 0 Å². The molecule has 19 heavy (non-hydrogen) atoms. The fourth-order valence-electron chi connectivity index (χ4n) is 2.79. The van der Waals surface area contributed by atoms with Crippen LogP contribution in [0.4, 0.5) is 0 Å². The molecule has 2 aromatic rings. The van der Waals surface area contributed by atoms with Crippen LogP contribution in [0.3, 0.4) is 0 Å². The van der Waals surface area contributed by atoms with E-state index in [4.69, 9.17) is 0 Å². The Balaban J connectivity index is 1.63. The molecule has 0 aliphatic heterocycles. The Labute approximate surface area is 118 Å². The molecule has 1 aromatic carbocycles. The van der Waals surface area contributed by atoms with Crippen LogP contribution in [0.25, 0.3) is 0 Å². The Morgan fingerprint density at radius 2 is 2.00 bits per heavy atom. The average Bonchev–Trinajstić information content (AvgIpc) is 3.07. The molecule has 1 fully saturated rings. The van der Waals surface area contributed by atoms with Gasteiger partial charge < -0.3 is 5.32 Å². The maximum Gasteiger partial charge on any atom is 0.0900 e. The molecule has 1 N–H and O–H groups in total. The van der Waals surface area contributed by atoms with Crippen molar-refractivity contribution in [2.45, 2.75) is 45.2 Å². The summed E-state index contributed by atoms with van der Waals surface area (Å²) in [6, 6.07) is 11.8. The van der Waals surface area contributed by atoms with Gasteiger partial charge in [-0.15, -0.1) is 11.3 Å². The normalized spacial score (nSPS) is 23.3. The van der Waals surface area contributed by atoms with Crippen LogP contribution in [0, 0.1) is 13.8 Å². The van der Waals surface area contributed by atoms with Gasteiger partial charge in [0, 0.05) is 22.9 Å². The molecule has 3 rings (SSSR count). The second kappa shape index (κ2) is 5.06. The molecule has 0 spiro atoms. The first kappa shape index (κ1) is 12.8. The van der Waals surface area contributed by atoms with E-state index in [1.807, 2.05) is 11.3 Å². The van der Waals surface area contributed by atoms with Crippen molar-refractivity contribution in [2.75, 3.05) is 0 Å². The zero-order valence-corrected chi connectivity index (χ0v) is 12.5. The summed E-state index contributed by atoms with van der Waals surface area (Å²) in [6.07, 6.45) is 1.26. The Hall–Kier alpha value is -1.19. The lowest BCUT2D eigenvalue weighted by molar-refractivity contribution is 0.567. The quantitative estimate of drug-likeness (QED) is 0.911. The standard InChI is InChI=1S/C16H20N2S/c1-10-16(19-12(3)17-10)11(2)18-15-9-14(15)13-7-5-4-6-8-13/h4-8,11,14-15,18H,9H2,1-3H3. The van der Waals surface area contributed by atoms with Crippen LogP contribution in [0.5, 0.6) is 0 Å². The van der Waals surface area contributed by atoms with Gasteiger partial charge in [0.25, 0.3) is 0 Å². The van der Waals surface area contributed by atoms with E-state index >= 15 is 0 Å². The average molecular weight is 272 g/mol. The van der Waals surface area contributed by atoms with Crippen LogP contribution in [0.15, 0.2) is 30.3 Å². The van der Waals surface area contributed by atoms with E-state index in [0.717, 1.165) is 5.01 Å². The fourth-order valence-corrected chi connectivity index (χ4v) is 3.73. The summed E-state index contributed by atoms with van der Waals surface area (Å²) >= 11 is 1.82. The molecule has 0 radical (unpaired) electrons. The highest BCUT2D eigenvalue weighted by Gasteiger charge is 2.39. The molecule has 0 amide bonds. The molecule has 3 heteroatoms. The maximum absolute atomic E-state index is 4.52. The molecular formula is C16H20N2S. The second-order valence-corrected chi connectivity index (χ2v) is 6.67. The molecule has 1 heterocycles. The number of rotatable bonds is 4. The smallest absolute Gasteiger partial charge is 0.0900 e. The number of thiazole rings is 1. The summed E-state index contributed by atoms with van der Waals surface area (Å²) in [5.41, 5.74) is 2.64. The third-order valence-electron chi connectivity index (χ3n) is 3.81. The zero-order valence-electron chi connectivity index (χ0n) is 11.7. The van der Waals surface area contributed by atoms with E-state index in [1.54, 1.807) is 0 Å². The molecule has 1 aromatic heterocycles. The topological polar surface area (TPSA) is 24.9 Å². The third-order valence-corrected chi connectivity index (χ3v) is 5.07. The van der Waals surface area contributed by atoms with Crippen molar-refractivity contribution in [3.63, 3.8) is 0 Å². The van der Waals surface area contributed by atoms with Crippen molar-refractivity contribution in [3.05, 3.63) is 51.5 Å². The van der Waals surface area contributed by atoms with Crippen LogP contribution in [-0.2, 0) is 0 Å². The molecule has 1 aliphatic carbocycles. The first-order valence-electron chi connectivity index (χ1n) is 6.90. The predicted molar refractivity (Wildman–Crippen MR) is 80.7 cm³/mol. The monoisotopic (exact) mass is 272 g/mol. The summed E-state index contributed by atoms with van der Waals surface area (Å²) in [7, 11) is 0. The third kappa shape index (κ3) is 2.72. The van der Waals surface area contributed by atoms with Crippen molar-refractivity contribution < 1.29 is 0 Å². The van der Waals surface area contributed by atoms with Crippen LogP contribution >= 0.6 is 11.3 Å². The van der Waals surface area contributed by atoms with Crippen molar-refractivity contribution in [1.82, 2.24) is 10.3 Å². The summed E-state index contributed by atoms with van der Waals surface area (Å²) in [5, 5.41) is 4.91. The van der Waals surface area contributed by atoms with Gasteiger partial charge in [-0.2, -0.15) is 0 Å². The summed E-state index contributed by atoms with van der Waals surface area (Å²) < 4.78 is 0. The molecule has 1 saturated carbocycles. The van der Waals surface area contributed by atoms with Gasteiger partial charge in [-0.1, -0.05) is 30.3 Å². The van der Waals surface area contributed by atoms with Gasteiger partial charge >= 0.3 is 0 Å². The SMILES string of the molecule is Cc1nc(C)c(C(C)NC2CC2c2ccccc2)s1. The lowest BCUT2D eigenvalue weighted by Gasteiger charge is -2.12. The Morgan fingerprint density at radius 1 is 1.26 bits per heavy atom. The number of aromatic nitrogens is 1. The highest BCUT2D eigenvalue weighted by molar-refractivity contribution is 7.11. The number of hydrogen-bond donors (Lipinski definition) is 1. The van der Waals surface area contributed by atoms with Gasteiger partial charge in [0.15, 0.2) is 0 Å². The maximum atomic E-state index is 4.52. The van der Waals surface area contributed by atoms with E-state index < -0.39 is 0 Å². The lowest BCUT2D eigenvalue weighted by Crippen LogP contribution is -2.21. The van der Waals surface area contributed by atoms with Crippen molar-refractivity contribution in [2.24, 2.45) is 0 Å². The molecule has 2 nitrogen and oxygen atoms in total. The number of nitrogens with one attached hydrogen (secondary N) is 1. The summed E-state index contributed by atoms with van der Waals surface area (Å²) in [4.78, 5) is 5.90. The molecule has 1 aliphatic rings. The van der Waals surface area contributed by atoms with E-state index in [0.29, 0.717) is 18.0 Å². The minimum absolute atomic E-state index is 0.407. The van der Waals surface area contributed by atoms with E-state index in [1.165, 1.54) is 22.6 Å². The lowest BCUT2D eigenvalue weighted by atomic mass is 10.1. The van der Waals surface area contributed by atoms with Crippen LogP contribution in [0.1, 0.15) is 46.4 Å². The highest BCUT2D eigenvalue weighted by atomic mass is 32.1. The zero-order chi connectivity index (χ0) is 13.4. The van der Waals surface area contributed by atoms with E-state index in [9.17, 15) is 0 Å². The number of benzene rings is 1. The molecule has 3 unspecified atom stereocenters. The fraction of sp³-hybridized carbons (Fsp3) is 0.438. The molecule has 0 bridgehead atoms. The van der Waals surface area contributed by atoms with Gasteiger partial charge in [0.05, 0.1) is 10.7 Å². The molecule has 0 saturated heterocycles. The minimum Gasteiger partial charge on any atom is -0.306 e. The summed E-state index contributed by atoms with van der Waals surface area (Å²) in [6.45, 7) is 6.44. The Morgan fingerprint density at radius 3 is 2.63 bits per heavy atom. The number of aryl methyl sites for hydroxylation is 2. The van der Waals surface area contributed by atoms with Gasteiger partial charge in [-0.25, -0.2) is 4.98 Å². The van der Waals surface area contributed by atoms with Crippen LogP contribution in [0.2, 0.25) is 0 Å². The first-order chi connectivity index (χ1) is 9.15. The Bertz CT molecular complexity index is 561. The van der Waals surface area contributed by atoms with E-state index in [2.05, 4.69) is 61.4 Å². The highest BCUT2D eigenvalue weighted by Crippen LogP contribution is 2.42. The Kier molecular flexibility index (Phi) is 3.42. The largest absolute Gasteiger partial charge is 0.306 e. The van der Waals surface area contributed by atoms with Crippen LogP contribution < -0.4 is 5.32 Å². The number of hydrogen-bond acceptors (Lipinski definition) is 3. The second-order valence-electron chi connectivity index (χ2n) is 5.43. The van der Waals surface area contributed by atoms with Crippen molar-refractivity contribution in [1.29, 1.82) is 0 Å². The number of nitrogens with zero attached hydrogens (tertiary/aromatic N) is 1. The molecule has 3 atom stereocenters. The van der Waals surface area contributed by atoms with Crippen LogP contribution in [-0.4, -0.2) is 11.0 Å². The van der Waals surface area contributed by atoms with Gasteiger partial charge in [0.2, 0.25) is 0 Å².